The first-order valence-electron chi connectivity index (χ1n) is 7.36. The van der Waals surface area contributed by atoms with E-state index < -0.39 is 17.4 Å². The summed E-state index contributed by atoms with van der Waals surface area (Å²) in [6, 6.07) is 7.51. The molecule has 0 bridgehead atoms. The molecule has 2 atom stereocenters. The Morgan fingerprint density at radius 2 is 2.14 bits per heavy atom. The lowest BCUT2D eigenvalue weighted by molar-refractivity contribution is -0.143. The number of carbonyl (C=O) groups excluding carboxylic acids is 1. The lowest BCUT2D eigenvalue weighted by atomic mass is 9.88. The molecule has 0 aliphatic carbocycles. The van der Waals surface area contributed by atoms with Gasteiger partial charge in [0.25, 0.3) is 0 Å². The second kappa shape index (κ2) is 5.15. The van der Waals surface area contributed by atoms with Crippen LogP contribution >= 0.6 is 0 Å². The third-order valence-electron chi connectivity index (χ3n) is 4.62. The Bertz CT molecular complexity index is 579. The van der Waals surface area contributed by atoms with E-state index in [1.807, 2.05) is 31.2 Å². The van der Waals surface area contributed by atoms with Gasteiger partial charge in [-0.25, -0.2) is 0 Å². The van der Waals surface area contributed by atoms with Crippen molar-refractivity contribution in [2.75, 3.05) is 13.1 Å². The quantitative estimate of drug-likeness (QED) is 0.861. The molecule has 0 radical (unpaired) electrons. The third-order valence-corrected chi connectivity index (χ3v) is 4.62. The molecule has 1 fully saturated rings. The van der Waals surface area contributed by atoms with E-state index in [9.17, 15) is 14.7 Å². The average Bonchev–Trinajstić information content (AvgIpc) is 2.93. The molecule has 2 unspecified atom stereocenters. The summed E-state index contributed by atoms with van der Waals surface area (Å²) in [5, 5.41) is 12.7. The van der Waals surface area contributed by atoms with Gasteiger partial charge in [0.2, 0.25) is 5.91 Å². The maximum atomic E-state index is 12.8. The number of rotatable bonds is 2. The normalized spacial score (nSPS) is 28.2. The van der Waals surface area contributed by atoms with Gasteiger partial charge < -0.3 is 15.3 Å². The number of nitrogens with zero attached hydrogens (tertiary/aromatic N) is 1. The van der Waals surface area contributed by atoms with Crippen LogP contribution in [0, 0.1) is 0 Å². The number of carboxylic acids is 1. The lowest BCUT2D eigenvalue weighted by Crippen LogP contribution is -2.54. The molecule has 2 N–H and O–H groups in total. The van der Waals surface area contributed by atoms with E-state index >= 15 is 0 Å². The number of hydrogen-bond donors (Lipinski definition) is 2. The van der Waals surface area contributed by atoms with Crippen molar-refractivity contribution in [2.24, 2.45) is 0 Å². The van der Waals surface area contributed by atoms with Gasteiger partial charge in [-0.15, -0.1) is 0 Å². The monoisotopic (exact) mass is 288 g/mol. The molecular formula is C16H20N2O3. The van der Waals surface area contributed by atoms with E-state index in [4.69, 9.17) is 0 Å². The number of hydrogen-bond acceptors (Lipinski definition) is 3. The summed E-state index contributed by atoms with van der Waals surface area (Å²) >= 11 is 0. The number of nitrogens with one attached hydrogen (secondary N) is 1. The first kappa shape index (κ1) is 14.1. The van der Waals surface area contributed by atoms with Gasteiger partial charge in [0.15, 0.2) is 0 Å². The highest BCUT2D eigenvalue weighted by Gasteiger charge is 2.42. The van der Waals surface area contributed by atoms with Crippen molar-refractivity contribution in [3.05, 3.63) is 35.4 Å². The fourth-order valence-electron chi connectivity index (χ4n) is 3.40. The molecule has 1 aromatic rings. The SMILES string of the molecule is CC1(C(=O)N2Cc3ccccc3C(C(=O)O)C2)CCCN1. The van der Waals surface area contributed by atoms with Crippen LogP contribution in [0.5, 0.6) is 0 Å². The Morgan fingerprint density at radius 1 is 1.38 bits per heavy atom. The Kier molecular flexibility index (Phi) is 3.45. The Balaban J connectivity index is 1.89. The molecule has 1 amide bonds. The van der Waals surface area contributed by atoms with Crippen molar-refractivity contribution in [1.82, 2.24) is 10.2 Å². The summed E-state index contributed by atoms with van der Waals surface area (Å²) in [7, 11) is 0. The number of carbonyl (C=O) groups is 2. The highest BCUT2D eigenvalue weighted by Crippen LogP contribution is 2.31. The van der Waals surface area contributed by atoms with Crippen LogP contribution in [-0.4, -0.2) is 40.5 Å². The zero-order valence-electron chi connectivity index (χ0n) is 12.1. The Morgan fingerprint density at radius 3 is 2.81 bits per heavy atom. The average molecular weight is 288 g/mol. The van der Waals surface area contributed by atoms with Gasteiger partial charge >= 0.3 is 5.97 Å². The van der Waals surface area contributed by atoms with Crippen LogP contribution in [0.4, 0.5) is 0 Å². The van der Waals surface area contributed by atoms with Crippen LogP contribution in [0.2, 0.25) is 0 Å². The number of aliphatic carboxylic acids is 1. The van der Waals surface area contributed by atoms with Gasteiger partial charge in [-0.05, 0) is 37.4 Å². The molecule has 0 saturated carbocycles. The van der Waals surface area contributed by atoms with Gasteiger partial charge in [0.1, 0.15) is 0 Å². The van der Waals surface area contributed by atoms with Crippen molar-refractivity contribution in [3.63, 3.8) is 0 Å². The molecule has 2 heterocycles. The molecule has 5 nitrogen and oxygen atoms in total. The van der Waals surface area contributed by atoms with Crippen molar-refractivity contribution >= 4 is 11.9 Å². The summed E-state index contributed by atoms with van der Waals surface area (Å²) < 4.78 is 0. The van der Waals surface area contributed by atoms with E-state index in [0.29, 0.717) is 6.54 Å². The molecule has 112 valence electrons. The first-order valence-corrected chi connectivity index (χ1v) is 7.36. The molecule has 0 spiro atoms. The summed E-state index contributed by atoms with van der Waals surface area (Å²) in [5.74, 6) is -1.49. The first-order chi connectivity index (χ1) is 10.0. The van der Waals surface area contributed by atoms with Crippen LogP contribution in [0.3, 0.4) is 0 Å². The van der Waals surface area contributed by atoms with Gasteiger partial charge in [-0.2, -0.15) is 0 Å². The van der Waals surface area contributed by atoms with Crippen LogP contribution in [0.15, 0.2) is 24.3 Å². The predicted octanol–water partition coefficient (Wildman–Crippen LogP) is 1.34. The molecule has 21 heavy (non-hydrogen) atoms. The van der Waals surface area contributed by atoms with Gasteiger partial charge in [0, 0.05) is 13.1 Å². The number of amides is 1. The summed E-state index contributed by atoms with van der Waals surface area (Å²) in [5.41, 5.74) is 1.22. The Hall–Kier alpha value is -1.88. The van der Waals surface area contributed by atoms with E-state index in [2.05, 4.69) is 5.32 Å². The van der Waals surface area contributed by atoms with Crippen LogP contribution in [0.1, 0.15) is 36.8 Å². The van der Waals surface area contributed by atoms with E-state index in [0.717, 1.165) is 30.5 Å². The minimum absolute atomic E-state index is 0.0146. The minimum Gasteiger partial charge on any atom is -0.481 e. The van der Waals surface area contributed by atoms with E-state index in [-0.39, 0.29) is 12.5 Å². The minimum atomic E-state index is -0.871. The molecule has 5 heteroatoms. The second-order valence-electron chi connectivity index (χ2n) is 6.14. The van der Waals surface area contributed by atoms with Gasteiger partial charge in [-0.1, -0.05) is 24.3 Å². The third kappa shape index (κ3) is 2.42. The molecule has 0 aromatic heterocycles. The summed E-state index contributed by atoms with van der Waals surface area (Å²) in [6.45, 7) is 3.51. The molecule has 1 saturated heterocycles. The van der Waals surface area contributed by atoms with Crippen molar-refractivity contribution in [1.29, 1.82) is 0 Å². The lowest BCUT2D eigenvalue weighted by Gasteiger charge is -2.37. The van der Waals surface area contributed by atoms with Crippen LogP contribution in [0.25, 0.3) is 0 Å². The highest BCUT2D eigenvalue weighted by atomic mass is 16.4. The maximum absolute atomic E-state index is 12.8. The topological polar surface area (TPSA) is 69.6 Å². The molecule has 2 aliphatic rings. The smallest absolute Gasteiger partial charge is 0.312 e. The fraction of sp³-hybridized carbons (Fsp3) is 0.500. The van der Waals surface area contributed by atoms with Gasteiger partial charge in [0.05, 0.1) is 11.5 Å². The Labute approximate surface area is 123 Å². The summed E-state index contributed by atoms with van der Waals surface area (Å²) in [4.78, 5) is 26.0. The standard InChI is InChI=1S/C16H20N2O3/c1-16(7-4-8-17-16)15(21)18-9-11-5-2-3-6-12(11)13(10-18)14(19)20/h2-3,5-6,13,17H,4,7-10H2,1H3,(H,19,20). The highest BCUT2D eigenvalue weighted by molar-refractivity contribution is 5.88. The zero-order chi connectivity index (χ0) is 15.0. The van der Waals surface area contributed by atoms with Crippen molar-refractivity contribution < 1.29 is 14.7 Å². The molecule has 2 aliphatic heterocycles. The maximum Gasteiger partial charge on any atom is 0.312 e. The van der Waals surface area contributed by atoms with E-state index in [1.165, 1.54) is 0 Å². The van der Waals surface area contributed by atoms with Crippen LogP contribution in [-0.2, 0) is 16.1 Å². The van der Waals surface area contributed by atoms with Crippen molar-refractivity contribution in [2.45, 2.75) is 37.8 Å². The van der Waals surface area contributed by atoms with Crippen LogP contribution < -0.4 is 5.32 Å². The largest absolute Gasteiger partial charge is 0.481 e. The summed E-state index contributed by atoms with van der Waals surface area (Å²) in [6.07, 6.45) is 1.79. The number of benzene rings is 1. The second-order valence-corrected chi connectivity index (χ2v) is 6.14. The predicted molar refractivity (Wildman–Crippen MR) is 77.9 cm³/mol. The van der Waals surface area contributed by atoms with Gasteiger partial charge in [-0.3, -0.25) is 9.59 Å². The number of fused-ring (bicyclic) bond motifs is 1. The number of carboxylic acid groups (broad SMARTS) is 1. The zero-order valence-corrected chi connectivity index (χ0v) is 12.1. The fourth-order valence-corrected chi connectivity index (χ4v) is 3.40. The molecular weight excluding hydrogens is 268 g/mol. The molecule has 1 aromatic carbocycles. The molecule has 3 rings (SSSR count). The van der Waals surface area contributed by atoms with Crippen molar-refractivity contribution in [3.8, 4) is 0 Å². The van der Waals surface area contributed by atoms with E-state index in [1.54, 1.807) is 4.90 Å².